The van der Waals surface area contributed by atoms with E-state index in [9.17, 15) is 0 Å². The van der Waals surface area contributed by atoms with Crippen molar-refractivity contribution >= 4 is 27.5 Å². The van der Waals surface area contributed by atoms with Gasteiger partial charge >= 0.3 is 0 Å². The zero-order valence-electron chi connectivity index (χ0n) is 10.6. The molecule has 1 heterocycles. The number of halogens is 2. The van der Waals surface area contributed by atoms with Gasteiger partial charge in [0, 0.05) is 26.8 Å². The first-order valence-electron chi connectivity index (χ1n) is 6.20. The lowest BCUT2D eigenvalue weighted by molar-refractivity contribution is 1.32. The van der Waals surface area contributed by atoms with Crippen molar-refractivity contribution in [1.29, 1.82) is 0 Å². The second-order valence-electron chi connectivity index (χ2n) is 4.45. The Kier molecular flexibility index (Phi) is 3.86. The van der Waals surface area contributed by atoms with Crippen LogP contribution >= 0.6 is 27.5 Å². The first-order chi connectivity index (χ1) is 9.72. The number of aromatic nitrogens is 1. The number of nitrogens with zero attached hydrogens (tertiary/aromatic N) is 1. The van der Waals surface area contributed by atoms with Gasteiger partial charge in [-0.15, -0.1) is 0 Å². The van der Waals surface area contributed by atoms with Crippen LogP contribution in [0.5, 0.6) is 0 Å². The summed E-state index contributed by atoms with van der Waals surface area (Å²) in [5.41, 5.74) is 4.20. The highest BCUT2D eigenvalue weighted by Crippen LogP contribution is 2.25. The first-order valence-corrected chi connectivity index (χ1v) is 7.37. The Labute approximate surface area is 131 Å². The third kappa shape index (κ3) is 2.92. The number of benzene rings is 2. The minimum absolute atomic E-state index is 0.736. The van der Waals surface area contributed by atoms with Crippen LogP contribution in [-0.4, -0.2) is 4.98 Å². The van der Waals surface area contributed by atoms with Gasteiger partial charge in [-0.2, -0.15) is 0 Å². The van der Waals surface area contributed by atoms with Crippen molar-refractivity contribution in [2.24, 2.45) is 0 Å². The molecule has 0 atom stereocenters. The molecular weight excluding hydrogens is 334 g/mol. The highest BCUT2D eigenvalue weighted by Gasteiger charge is 2.02. The molecule has 1 nitrogen and oxygen atoms in total. The van der Waals surface area contributed by atoms with Crippen LogP contribution in [0.3, 0.4) is 0 Å². The standard InChI is InChI=1S/C17H11BrClN/c18-15-7-4-12(5-8-15)17-9-6-14(11-20-17)13-2-1-3-16(19)10-13/h1-11H. The Hall–Kier alpha value is -1.64. The van der Waals surface area contributed by atoms with Crippen LogP contribution in [0.25, 0.3) is 22.4 Å². The molecule has 0 unspecified atom stereocenters. The zero-order chi connectivity index (χ0) is 13.9. The van der Waals surface area contributed by atoms with Gasteiger partial charge in [0.05, 0.1) is 5.69 Å². The van der Waals surface area contributed by atoms with E-state index >= 15 is 0 Å². The minimum Gasteiger partial charge on any atom is -0.256 e. The second kappa shape index (κ2) is 5.78. The van der Waals surface area contributed by atoms with E-state index in [1.807, 2.05) is 60.8 Å². The van der Waals surface area contributed by atoms with E-state index in [0.29, 0.717) is 0 Å². The molecule has 0 fully saturated rings. The lowest BCUT2D eigenvalue weighted by Crippen LogP contribution is -1.85. The van der Waals surface area contributed by atoms with Gasteiger partial charge in [0.15, 0.2) is 0 Å². The summed E-state index contributed by atoms with van der Waals surface area (Å²) in [6, 6.07) is 20.0. The van der Waals surface area contributed by atoms with Crippen LogP contribution in [0.4, 0.5) is 0 Å². The molecular formula is C17H11BrClN. The van der Waals surface area contributed by atoms with Gasteiger partial charge < -0.3 is 0 Å². The van der Waals surface area contributed by atoms with Crippen molar-refractivity contribution in [2.75, 3.05) is 0 Å². The summed E-state index contributed by atoms with van der Waals surface area (Å²) in [5.74, 6) is 0. The van der Waals surface area contributed by atoms with Gasteiger partial charge in [-0.05, 0) is 35.9 Å². The van der Waals surface area contributed by atoms with Crippen molar-refractivity contribution in [2.45, 2.75) is 0 Å². The Morgan fingerprint density at radius 3 is 2.20 bits per heavy atom. The molecule has 0 bridgehead atoms. The van der Waals surface area contributed by atoms with Crippen molar-refractivity contribution in [3.05, 3.63) is 76.4 Å². The molecule has 0 aliphatic carbocycles. The van der Waals surface area contributed by atoms with E-state index in [4.69, 9.17) is 11.6 Å². The van der Waals surface area contributed by atoms with Crippen molar-refractivity contribution in [1.82, 2.24) is 4.98 Å². The maximum atomic E-state index is 6.01. The maximum absolute atomic E-state index is 6.01. The number of hydrogen-bond donors (Lipinski definition) is 0. The van der Waals surface area contributed by atoms with Gasteiger partial charge in [0.1, 0.15) is 0 Å². The second-order valence-corrected chi connectivity index (χ2v) is 5.80. The monoisotopic (exact) mass is 343 g/mol. The van der Waals surface area contributed by atoms with E-state index < -0.39 is 0 Å². The molecule has 3 aromatic rings. The zero-order valence-corrected chi connectivity index (χ0v) is 12.9. The fourth-order valence-corrected chi connectivity index (χ4v) is 2.48. The third-order valence-electron chi connectivity index (χ3n) is 3.06. The van der Waals surface area contributed by atoms with Crippen LogP contribution in [0.15, 0.2) is 71.3 Å². The molecule has 0 aliphatic rings. The van der Waals surface area contributed by atoms with E-state index in [1.54, 1.807) is 0 Å². The van der Waals surface area contributed by atoms with E-state index in [0.717, 1.165) is 31.9 Å². The molecule has 2 aromatic carbocycles. The number of pyridine rings is 1. The SMILES string of the molecule is Clc1cccc(-c2ccc(-c3ccc(Br)cc3)nc2)c1. The first kappa shape index (κ1) is 13.3. The summed E-state index contributed by atoms with van der Waals surface area (Å²) in [4.78, 5) is 4.53. The molecule has 0 aliphatic heterocycles. The van der Waals surface area contributed by atoms with Gasteiger partial charge in [0.2, 0.25) is 0 Å². The Morgan fingerprint density at radius 1 is 0.800 bits per heavy atom. The summed E-state index contributed by atoms with van der Waals surface area (Å²) in [6.07, 6.45) is 1.88. The lowest BCUT2D eigenvalue weighted by Gasteiger charge is -2.05. The van der Waals surface area contributed by atoms with Crippen LogP contribution in [0, 0.1) is 0 Å². The fourth-order valence-electron chi connectivity index (χ4n) is 2.02. The largest absolute Gasteiger partial charge is 0.256 e. The van der Waals surface area contributed by atoms with Crippen molar-refractivity contribution in [3.63, 3.8) is 0 Å². The van der Waals surface area contributed by atoms with Gasteiger partial charge in [-0.25, -0.2) is 0 Å². The van der Waals surface area contributed by atoms with Crippen LogP contribution < -0.4 is 0 Å². The molecule has 0 spiro atoms. The van der Waals surface area contributed by atoms with Crippen molar-refractivity contribution < 1.29 is 0 Å². The minimum atomic E-state index is 0.736. The van der Waals surface area contributed by atoms with Crippen LogP contribution in [-0.2, 0) is 0 Å². The van der Waals surface area contributed by atoms with Gasteiger partial charge in [-0.1, -0.05) is 57.9 Å². The molecule has 3 heteroatoms. The summed E-state index contributed by atoms with van der Waals surface area (Å²) in [6.45, 7) is 0. The molecule has 98 valence electrons. The van der Waals surface area contributed by atoms with Crippen molar-refractivity contribution in [3.8, 4) is 22.4 Å². The van der Waals surface area contributed by atoms with E-state index in [2.05, 4.69) is 27.0 Å². The average Bonchev–Trinajstić information content (AvgIpc) is 2.48. The van der Waals surface area contributed by atoms with E-state index in [-0.39, 0.29) is 0 Å². The molecule has 3 rings (SSSR count). The van der Waals surface area contributed by atoms with E-state index in [1.165, 1.54) is 0 Å². The highest BCUT2D eigenvalue weighted by molar-refractivity contribution is 9.10. The van der Waals surface area contributed by atoms with Gasteiger partial charge in [-0.3, -0.25) is 4.98 Å². The van der Waals surface area contributed by atoms with Crippen LogP contribution in [0.2, 0.25) is 5.02 Å². The fraction of sp³-hybridized carbons (Fsp3) is 0. The number of hydrogen-bond acceptors (Lipinski definition) is 1. The smallest absolute Gasteiger partial charge is 0.0702 e. The Balaban J connectivity index is 1.93. The van der Waals surface area contributed by atoms with Gasteiger partial charge in [0.25, 0.3) is 0 Å². The van der Waals surface area contributed by atoms with Crippen LogP contribution in [0.1, 0.15) is 0 Å². The highest BCUT2D eigenvalue weighted by atomic mass is 79.9. The topological polar surface area (TPSA) is 12.9 Å². The summed E-state index contributed by atoms with van der Waals surface area (Å²) in [5, 5.41) is 0.736. The predicted molar refractivity (Wildman–Crippen MR) is 87.8 cm³/mol. The summed E-state index contributed by atoms with van der Waals surface area (Å²) >= 11 is 9.45. The molecule has 20 heavy (non-hydrogen) atoms. The lowest BCUT2D eigenvalue weighted by atomic mass is 10.1. The average molecular weight is 345 g/mol. The summed E-state index contributed by atoms with van der Waals surface area (Å²) < 4.78 is 1.07. The quantitative estimate of drug-likeness (QED) is 0.570. The third-order valence-corrected chi connectivity index (χ3v) is 3.83. The Bertz CT molecular complexity index is 721. The maximum Gasteiger partial charge on any atom is 0.0702 e. The molecule has 0 saturated carbocycles. The molecule has 0 N–H and O–H groups in total. The number of rotatable bonds is 2. The molecule has 0 amide bonds. The molecule has 0 radical (unpaired) electrons. The normalized spacial score (nSPS) is 10.5. The Morgan fingerprint density at radius 2 is 1.55 bits per heavy atom. The molecule has 1 aromatic heterocycles. The molecule has 0 saturated heterocycles. The predicted octanol–water partition coefficient (Wildman–Crippen LogP) is 5.83. The summed E-state index contributed by atoms with van der Waals surface area (Å²) in [7, 11) is 0.